The van der Waals surface area contributed by atoms with E-state index in [0.29, 0.717) is 22.8 Å². The molecule has 30 heavy (non-hydrogen) atoms. The molecule has 0 N–H and O–H groups in total. The van der Waals surface area contributed by atoms with Crippen molar-refractivity contribution < 1.29 is 13.2 Å². The molecule has 3 aromatic rings. The summed E-state index contributed by atoms with van der Waals surface area (Å²) in [6, 6.07) is 13.1. The van der Waals surface area contributed by atoms with E-state index < -0.39 is 11.7 Å². The van der Waals surface area contributed by atoms with Crippen LogP contribution in [0.3, 0.4) is 0 Å². The number of hydrogen-bond donors (Lipinski definition) is 0. The molecule has 1 aliphatic heterocycles. The van der Waals surface area contributed by atoms with Crippen LogP contribution in [0.5, 0.6) is 0 Å². The van der Waals surface area contributed by atoms with Crippen molar-refractivity contribution in [2.45, 2.75) is 12.6 Å². The van der Waals surface area contributed by atoms with Gasteiger partial charge < -0.3 is 4.90 Å². The fourth-order valence-electron chi connectivity index (χ4n) is 3.44. The first-order valence-electron chi connectivity index (χ1n) is 9.61. The fraction of sp³-hybridized carbons (Fsp3) is 0.333. The molecule has 1 fully saturated rings. The lowest BCUT2D eigenvalue weighted by molar-refractivity contribution is -0.137. The van der Waals surface area contributed by atoms with Crippen molar-refractivity contribution in [3.8, 4) is 11.4 Å². The predicted octanol–water partition coefficient (Wildman–Crippen LogP) is 5.24. The summed E-state index contributed by atoms with van der Waals surface area (Å²) in [5.41, 5.74) is 1.02. The highest BCUT2D eigenvalue weighted by Gasteiger charge is 2.30. The molecule has 0 radical (unpaired) electrons. The van der Waals surface area contributed by atoms with Crippen LogP contribution >= 0.6 is 23.1 Å². The Morgan fingerprint density at radius 1 is 1.00 bits per heavy atom. The van der Waals surface area contributed by atoms with E-state index in [1.54, 1.807) is 6.07 Å². The molecule has 0 amide bonds. The summed E-state index contributed by atoms with van der Waals surface area (Å²) in [5.74, 6) is 0.671. The van der Waals surface area contributed by atoms with E-state index in [-0.39, 0.29) is 0 Å². The number of halogens is 4. The summed E-state index contributed by atoms with van der Waals surface area (Å²) in [6.45, 7) is 4.04. The maximum Gasteiger partial charge on any atom is 0.416 e. The number of piperazine rings is 1. The highest BCUT2D eigenvalue weighted by atomic mass is 35.5. The largest absolute Gasteiger partial charge is 0.416 e. The van der Waals surface area contributed by atoms with Crippen LogP contribution < -0.4 is 4.90 Å². The third-order valence-corrected chi connectivity index (χ3v) is 6.12. The molecule has 158 valence electrons. The monoisotopic (exact) mass is 452 g/mol. The minimum atomic E-state index is -4.30. The first-order chi connectivity index (χ1) is 14.4. The quantitative estimate of drug-likeness (QED) is 0.529. The van der Waals surface area contributed by atoms with Crippen molar-refractivity contribution in [3.63, 3.8) is 0 Å². The fourth-order valence-corrected chi connectivity index (χ4v) is 4.37. The van der Waals surface area contributed by atoms with E-state index in [2.05, 4.69) is 19.2 Å². The van der Waals surface area contributed by atoms with Gasteiger partial charge in [-0.2, -0.15) is 22.5 Å². The Labute approximate surface area is 182 Å². The lowest BCUT2D eigenvalue weighted by atomic mass is 10.1. The Kier molecular flexibility index (Phi) is 6.26. The van der Waals surface area contributed by atoms with Crippen LogP contribution in [0, 0.1) is 0 Å². The molecule has 0 aliphatic carbocycles. The Hall–Kier alpha value is -2.16. The van der Waals surface area contributed by atoms with Crippen LogP contribution in [0.15, 0.2) is 48.5 Å². The van der Waals surface area contributed by atoms with Gasteiger partial charge in [0.25, 0.3) is 0 Å². The second-order valence-corrected chi connectivity index (χ2v) is 8.35. The SMILES string of the molecule is FC(F)(F)c1cccc(CCN2CCN(c3nc(-c4cccc(Cl)c4)ns3)CC2)c1. The van der Waals surface area contributed by atoms with Gasteiger partial charge in [-0.1, -0.05) is 41.9 Å². The van der Waals surface area contributed by atoms with Crippen LogP contribution in [0.2, 0.25) is 5.02 Å². The van der Waals surface area contributed by atoms with Crippen molar-refractivity contribution >= 4 is 28.3 Å². The standard InChI is InChI=1S/C21H20ClF3N4S/c22-18-6-2-4-16(14-18)19-26-20(30-27-19)29-11-9-28(10-12-29)8-7-15-3-1-5-17(13-15)21(23,24)25/h1-6,13-14H,7-12H2. The molecule has 9 heteroatoms. The normalized spacial score (nSPS) is 15.5. The zero-order chi connectivity index (χ0) is 21.1. The van der Waals surface area contributed by atoms with Gasteiger partial charge in [0.15, 0.2) is 5.82 Å². The van der Waals surface area contributed by atoms with E-state index in [9.17, 15) is 13.2 Å². The average Bonchev–Trinajstić information content (AvgIpc) is 3.23. The Morgan fingerprint density at radius 3 is 2.50 bits per heavy atom. The molecular weight excluding hydrogens is 433 g/mol. The first-order valence-corrected chi connectivity index (χ1v) is 10.8. The Morgan fingerprint density at radius 2 is 1.77 bits per heavy atom. The molecule has 0 bridgehead atoms. The third kappa shape index (κ3) is 5.11. The van der Waals surface area contributed by atoms with Crippen molar-refractivity contribution in [2.75, 3.05) is 37.6 Å². The molecule has 1 saturated heterocycles. The highest BCUT2D eigenvalue weighted by molar-refractivity contribution is 7.09. The van der Waals surface area contributed by atoms with E-state index in [1.165, 1.54) is 23.7 Å². The molecule has 4 rings (SSSR count). The van der Waals surface area contributed by atoms with Crippen LogP contribution in [0.25, 0.3) is 11.4 Å². The summed E-state index contributed by atoms with van der Waals surface area (Å²) in [6.07, 6.45) is -3.70. The van der Waals surface area contributed by atoms with Gasteiger partial charge in [0.2, 0.25) is 5.13 Å². The van der Waals surface area contributed by atoms with Crippen LogP contribution in [0.4, 0.5) is 18.3 Å². The molecule has 0 unspecified atom stereocenters. The molecule has 2 aromatic carbocycles. The number of anilines is 1. The number of hydrogen-bond acceptors (Lipinski definition) is 5. The van der Waals surface area contributed by atoms with Gasteiger partial charge in [-0.05, 0) is 30.2 Å². The van der Waals surface area contributed by atoms with Crippen molar-refractivity contribution in [3.05, 3.63) is 64.7 Å². The Bertz CT molecular complexity index is 1000. The van der Waals surface area contributed by atoms with E-state index in [1.807, 2.05) is 24.3 Å². The zero-order valence-corrected chi connectivity index (χ0v) is 17.6. The molecule has 0 atom stereocenters. The van der Waals surface area contributed by atoms with Gasteiger partial charge in [0.1, 0.15) is 0 Å². The number of nitrogens with zero attached hydrogens (tertiary/aromatic N) is 4. The molecule has 0 spiro atoms. The second-order valence-electron chi connectivity index (χ2n) is 7.19. The maximum absolute atomic E-state index is 12.9. The van der Waals surface area contributed by atoms with Crippen LogP contribution in [-0.4, -0.2) is 47.0 Å². The van der Waals surface area contributed by atoms with Gasteiger partial charge >= 0.3 is 6.18 Å². The molecule has 2 heterocycles. The number of rotatable bonds is 5. The highest BCUT2D eigenvalue weighted by Crippen LogP contribution is 2.30. The molecule has 4 nitrogen and oxygen atoms in total. The second kappa shape index (κ2) is 8.91. The minimum Gasteiger partial charge on any atom is -0.344 e. The smallest absolute Gasteiger partial charge is 0.344 e. The summed E-state index contributed by atoms with van der Waals surface area (Å²) < 4.78 is 43.0. The molecule has 0 saturated carbocycles. The average molecular weight is 453 g/mol. The van der Waals surface area contributed by atoms with Crippen LogP contribution in [0.1, 0.15) is 11.1 Å². The van der Waals surface area contributed by atoms with Gasteiger partial charge in [-0.15, -0.1) is 0 Å². The van der Waals surface area contributed by atoms with E-state index in [0.717, 1.165) is 49.5 Å². The third-order valence-electron chi connectivity index (χ3n) is 5.11. The lowest BCUT2D eigenvalue weighted by Crippen LogP contribution is -2.47. The van der Waals surface area contributed by atoms with Crippen molar-refractivity contribution in [2.24, 2.45) is 0 Å². The van der Waals surface area contributed by atoms with Crippen molar-refractivity contribution in [1.29, 1.82) is 0 Å². The predicted molar refractivity (Wildman–Crippen MR) is 114 cm³/mol. The number of benzene rings is 2. The van der Waals surface area contributed by atoms with Crippen molar-refractivity contribution in [1.82, 2.24) is 14.3 Å². The number of alkyl halides is 3. The topological polar surface area (TPSA) is 32.3 Å². The maximum atomic E-state index is 12.9. The molecular formula is C21H20ClF3N4S. The number of aromatic nitrogens is 2. The summed E-state index contributed by atoms with van der Waals surface area (Å²) in [5, 5.41) is 1.53. The molecule has 1 aliphatic rings. The summed E-state index contributed by atoms with van der Waals surface area (Å²) in [7, 11) is 0. The minimum absolute atomic E-state index is 0.586. The zero-order valence-electron chi connectivity index (χ0n) is 16.1. The van der Waals surface area contributed by atoms with Gasteiger partial charge in [0, 0.05) is 54.8 Å². The van der Waals surface area contributed by atoms with Gasteiger partial charge in [-0.25, -0.2) is 0 Å². The first kappa shape index (κ1) is 21.1. The van der Waals surface area contributed by atoms with Crippen LogP contribution in [-0.2, 0) is 12.6 Å². The van der Waals surface area contributed by atoms with E-state index in [4.69, 9.17) is 11.6 Å². The molecule has 1 aromatic heterocycles. The summed E-state index contributed by atoms with van der Waals surface area (Å²) in [4.78, 5) is 9.12. The van der Waals surface area contributed by atoms with Gasteiger partial charge in [0.05, 0.1) is 5.56 Å². The van der Waals surface area contributed by atoms with Gasteiger partial charge in [-0.3, -0.25) is 4.90 Å². The summed E-state index contributed by atoms with van der Waals surface area (Å²) >= 11 is 7.42. The Balaban J connectivity index is 1.30. The lowest BCUT2D eigenvalue weighted by Gasteiger charge is -2.34. The van der Waals surface area contributed by atoms with E-state index >= 15 is 0 Å².